The van der Waals surface area contributed by atoms with Crippen LogP contribution in [-0.4, -0.2) is 39.7 Å². The molecular weight excluding hydrogens is 428 g/mol. The van der Waals surface area contributed by atoms with E-state index in [1.165, 1.54) is 22.8 Å². The van der Waals surface area contributed by atoms with E-state index in [9.17, 15) is 24.3 Å². The predicted octanol–water partition coefficient (Wildman–Crippen LogP) is 1.88. The van der Waals surface area contributed by atoms with Gasteiger partial charge in [-0.1, -0.05) is 31.9 Å². The van der Waals surface area contributed by atoms with Gasteiger partial charge in [-0.15, -0.1) is 0 Å². The number of aromatic nitrogens is 2. The van der Waals surface area contributed by atoms with Crippen molar-refractivity contribution in [3.05, 3.63) is 49.6 Å². The lowest BCUT2D eigenvalue weighted by atomic mass is 10.2. The molecule has 4 N–H and O–H groups in total. The third kappa shape index (κ3) is 5.66. The minimum absolute atomic E-state index is 0.136. The summed E-state index contributed by atoms with van der Waals surface area (Å²) < 4.78 is 6.20. The van der Waals surface area contributed by atoms with Gasteiger partial charge in [0.2, 0.25) is 0 Å². The van der Waals surface area contributed by atoms with Gasteiger partial charge in [0.15, 0.2) is 12.3 Å². The Morgan fingerprint density at radius 3 is 2.58 bits per heavy atom. The summed E-state index contributed by atoms with van der Waals surface area (Å²) in [7, 11) is 0. The predicted molar refractivity (Wildman–Crippen MR) is 117 cm³/mol. The minimum atomic E-state index is -0.934. The Bertz CT molecular complexity index is 1080. The smallest absolute Gasteiger partial charge is 0.342 e. The number of nitrogen functional groups attached to an aromatic ring is 1. The summed E-state index contributed by atoms with van der Waals surface area (Å²) in [4.78, 5) is 52.9. The number of aromatic amines is 1. The highest BCUT2D eigenvalue weighted by Crippen LogP contribution is 2.23. The van der Waals surface area contributed by atoms with E-state index < -0.39 is 29.7 Å². The number of H-pyrrole nitrogens is 1. The number of hydrogen-bond acceptors (Lipinski definition) is 7. The fourth-order valence-corrected chi connectivity index (χ4v) is 3.09. The van der Waals surface area contributed by atoms with Crippen LogP contribution in [0.3, 0.4) is 0 Å². The molecule has 0 fully saturated rings. The molecule has 0 unspecified atom stereocenters. The number of halogens is 1. The number of rotatable bonds is 9. The van der Waals surface area contributed by atoms with Gasteiger partial charge in [0.1, 0.15) is 17.1 Å². The molecule has 0 aliphatic rings. The lowest BCUT2D eigenvalue weighted by Gasteiger charge is -2.24. The summed E-state index contributed by atoms with van der Waals surface area (Å²) in [5.74, 6) is -2.16. The molecular formula is C20H25ClN4O6. The summed E-state index contributed by atoms with van der Waals surface area (Å²) >= 11 is 5.74. The van der Waals surface area contributed by atoms with E-state index in [0.717, 1.165) is 4.90 Å². The second-order valence-corrected chi connectivity index (χ2v) is 7.22. The highest BCUT2D eigenvalue weighted by molar-refractivity contribution is 6.30. The fourth-order valence-electron chi connectivity index (χ4n) is 2.92. The maximum absolute atomic E-state index is 12.9. The van der Waals surface area contributed by atoms with E-state index in [1.807, 2.05) is 13.8 Å². The summed E-state index contributed by atoms with van der Waals surface area (Å²) in [6, 6.07) is 3.83. The average Bonchev–Trinajstić information content (AvgIpc) is 2.71. The highest BCUT2D eigenvalue weighted by Gasteiger charge is 2.25. The van der Waals surface area contributed by atoms with E-state index in [1.54, 1.807) is 0 Å². The van der Waals surface area contributed by atoms with Crippen molar-refractivity contribution in [2.24, 2.45) is 0 Å². The van der Waals surface area contributed by atoms with E-state index in [2.05, 4.69) is 4.98 Å². The van der Waals surface area contributed by atoms with E-state index in [-0.39, 0.29) is 40.9 Å². The van der Waals surface area contributed by atoms with Crippen LogP contribution in [0, 0.1) is 0 Å². The van der Waals surface area contributed by atoms with Gasteiger partial charge in [-0.25, -0.2) is 9.59 Å². The van der Waals surface area contributed by atoms with Crippen LogP contribution in [0.25, 0.3) is 0 Å². The summed E-state index contributed by atoms with van der Waals surface area (Å²) in [5, 5.41) is 10.1. The van der Waals surface area contributed by atoms with Crippen LogP contribution < -0.4 is 21.9 Å². The monoisotopic (exact) mass is 452 g/mol. The molecule has 0 saturated carbocycles. The summed E-state index contributed by atoms with van der Waals surface area (Å²) in [5.41, 5.74) is 4.26. The number of carbonyl (C=O) groups is 2. The Labute approximate surface area is 183 Å². The number of unbranched alkanes of at least 4 members (excludes halogenated alkanes) is 1. The average molecular weight is 453 g/mol. The first kappa shape index (κ1) is 24.0. The standard InChI is InChI=1S/C20H25ClN4O6/c1-3-5-9-24(16-17(22)25(8-4-2)20(30)23-18(16)28)15(27)11-31-19(29)13-7-6-12(21)10-14(13)26/h6-7,10,26H,3-5,8-9,11,22H2,1-2H3,(H,23,28,30). The second-order valence-electron chi connectivity index (χ2n) is 6.78. The van der Waals surface area contributed by atoms with Crippen LogP contribution >= 0.6 is 11.6 Å². The van der Waals surface area contributed by atoms with Crippen LogP contribution in [0.1, 0.15) is 43.5 Å². The molecule has 1 heterocycles. The Balaban J connectivity index is 2.31. The molecule has 10 nitrogen and oxygen atoms in total. The quantitative estimate of drug-likeness (QED) is 0.492. The van der Waals surface area contributed by atoms with Crippen LogP contribution in [0.4, 0.5) is 11.5 Å². The first-order chi connectivity index (χ1) is 14.7. The third-order valence-electron chi connectivity index (χ3n) is 4.47. The zero-order valence-electron chi connectivity index (χ0n) is 17.3. The van der Waals surface area contributed by atoms with Crippen molar-refractivity contribution in [2.45, 2.75) is 39.7 Å². The van der Waals surface area contributed by atoms with Crippen molar-refractivity contribution in [3.63, 3.8) is 0 Å². The van der Waals surface area contributed by atoms with Crippen molar-refractivity contribution < 1.29 is 19.4 Å². The Hall–Kier alpha value is -3.27. The van der Waals surface area contributed by atoms with Gasteiger partial charge in [0.05, 0.1) is 0 Å². The number of amides is 1. The topological polar surface area (TPSA) is 148 Å². The molecule has 0 spiro atoms. The van der Waals surface area contributed by atoms with E-state index in [4.69, 9.17) is 22.1 Å². The first-order valence-corrected chi connectivity index (χ1v) is 10.2. The maximum Gasteiger partial charge on any atom is 0.342 e. The van der Waals surface area contributed by atoms with Gasteiger partial charge in [-0.3, -0.25) is 19.1 Å². The number of hydrogen-bond donors (Lipinski definition) is 3. The second kappa shape index (κ2) is 10.7. The molecule has 168 valence electrons. The van der Waals surface area contributed by atoms with Gasteiger partial charge >= 0.3 is 11.7 Å². The van der Waals surface area contributed by atoms with E-state index in [0.29, 0.717) is 19.3 Å². The van der Waals surface area contributed by atoms with Crippen molar-refractivity contribution in [1.29, 1.82) is 0 Å². The van der Waals surface area contributed by atoms with Crippen molar-refractivity contribution in [1.82, 2.24) is 9.55 Å². The van der Waals surface area contributed by atoms with Gasteiger partial charge in [0, 0.05) is 18.1 Å². The largest absolute Gasteiger partial charge is 0.507 e. The molecule has 0 bridgehead atoms. The summed E-state index contributed by atoms with van der Waals surface area (Å²) in [6.07, 6.45) is 1.85. The molecule has 11 heteroatoms. The molecule has 1 aromatic carbocycles. The first-order valence-electron chi connectivity index (χ1n) is 9.79. The number of phenols is 1. The molecule has 0 aliphatic heterocycles. The number of ether oxygens (including phenoxy) is 1. The lowest BCUT2D eigenvalue weighted by molar-refractivity contribution is -0.121. The van der Waals surface area contributed by atoms with Crippen LogP contribution in [0.5, 0.6) is 5.75 Å². The van der Waals surface area contributed by atoms with Crippen LogP contribution in [0.2, 0.25) is 5.02 Å². The van der Waals surface area contributed by atoms with Crippen molar-refractivity contribution in [3.8, 4) is 5.75 Å². The molecule has 2 rings (SSSR count). The van der Waals surface area contributed by atoms with Gasteiger partial charge in [-0.05, 0) is 31.0 Å². The number of aromatic hydroxyl groups is 1. The van der Waals surface area contributed by atoms with E-state index >= 15 is 0 Å². The molecule has 0 aliphatic carbocycles. The molecule has 0 atom stereocenters. The zero-order valence-corrected chi connectivity index (χ0v) is 18.1. The van der Waals surface area contributed by atoms with Gasteiger partial charge in [-0.2, -0.15) is 0 Å². The zero-order chi connectivity index (χ0) is 23.1. The molecule has 0 radical (unpaired) electrons. The molecule has 31 heavy (non-hydrogen) atoms. The Morgan fingerprint density at radius 2 is 1.97 bits per heavy atom. The summed E-state index contributed by atoms with van der Waals surface area (Å²) in [6.45, 7) is 3.43. The number of benzene rings is 1. The SMILES string of the molecule is CCCCN(C(=O)COC(=O)c1ccc(Cl)cc1O)c1c(N)n(CCC)c(=O)[nH]c1=O. The molecule has 1 aromatic heterocycles. The van der Waals surface area contributed by atoms with Crippen molar-refractivity contribution in [2.75, 3.05) is 23.8 Å². The number of anilines is 2. The Kier molecular flexibility index (Phi) is 8.26. The van der Waals surface area contributed by atoms with Crippen molar-refractivity contribution >= 4 is 35.0 Å². The number of nitrogens with zero attached hydrogens (tertiary/aromatic N) is 2. The fraction of sp³-hybridized carbons (Fsp3) is 0.400. The highest BCUT2D eigenvalue weighted by atomic mass is 35.5. The van der Waals surface area contributed by atoms with Crippen LogP contribution in [0.15, 0.2) is 27.8 Å². The molecule has 0 saturated heterocycles. The normalized spacial score (nSPS) is 10.7. The number of carbonyl (C=O) groups excluding carboxylic acids is 2. The minimum Gasteiger partial charge on any atom is -0.507 e. The Morgan fingerprint density at radius 1 is 1.26 bits per heavy atom. The number of phenolic OH excluding ortho intramolecular Hbond substituents is 1. The van der Waals surface area contributed by atoms with Gasteiger partial charge < -0.3 is 20.5 Å². The number of esters is 1. The van der Waals surface area contributed by atoms with Gasteiger partial charge in [0.25, 0.3) is 11.5 Å². The molecule has 1 amide bonds. The number of nitrogens with one attached hydrogen (secondary N) is 1. The third-order valence-corrected chi connectivity index (χ3v) is 4.71. The van der Waals surface area contributed by atoms with Crippen LogP contribution in [-0.2, 0) is 16.1 Å². The number of nitrogens with two attached hydrogens (primary N) is 1. The maximum atomic E-state index is 12.9. The lowest BCUT2D eigenvalue weighted by Crippen LogP contribution is -2.43. The molecule has 2 aromatic rings.